The number of carbonyl (C=O) groups excluding carboxylic acids is 2. The molecule has 6 nitrogen and oxygen atoms in total. The Bertz CT molecular complexity index is 779. The Morgan fingerprint density at radius 1 is 1.08 bits per heavy atom. The van der Waals surface area contributed by atoms with Crippen LogP contribution in [0.2, 0.25) is 0 Å². The Morgan fingerprint density at radius 2 is 1.76 bits per heavy atom. The normalized spacial score (nSPS) is 9.92. The maximum absolute atomic E-state index is 12.2. The van der Waals surface area contributed by atoms with E-state index in [1.165, 1.54) is 0 Å². The molecule has 0 saturated heterocycles. The molecule has 128 valence electrons. The minimum Gasteiger partial charge on any atom is -0.385 e. The maximum Gasteiger partial charge on any atom is 0.255 e. The summed E-state index contributed by atoms with van der Waals surface area (Å²) in [7, 11) is 1.61. The summed E-state index contributed by atoms with van der Waals surface area (Å²) in [4.78, 5) is 24.2. The number of carbonyl (C=O) groups is 2. The van der Waals surface area contributed by atoms with Crippen LogP contribution in [0.4, 0.5) is 5.69 Å². The lowest BCUT2D eigenvalue weighted by Crippen LogP contribution is -2.25. The lowest BCUT2D eigenvalue weighted by Gasteiger charge is -2.07. The number of hydrogen-bond donors (Lipinski definition) is 2. The molecule has 2 rings (SSSR count). The van der Waals surface area contributed by atoms with E-state index in [1.807, 2.05) is 6.07 Å². The molecule has 0 aliphatic carbocycles. The number of rotatable bonds is 7. The number of nitrogens with one attached hydrogen (secondary N) is 2. The predicted molar refractivity (Wildman–Crippen MR) is 94.4 cm³/mol. The first-order chi connectivity index (χ1) is 12.1. The molecule has 6 heteroatoms. The zero-order valence-corrected chi connectivity index (χ0v) is 13.9. The van der Waals surface area contributed by atoms with Gasteiger partial charge in [-0.3, -0.25) is 9.59 Å². The molecular weight excluding hydrogens is 318 g/mol. The van der Waals surface area contributed by atoms with Crippen LogP contribution in [-0.2, 0) is 4.74 Å². The van der Waals surface area contributed by atoms with Crippen LogP contribution in [0.3, 0.4) is 0 Å². The van der Waals surface area contributed by atoms with Crippen molar-refractivity contribution < 1.29 is 14.3 Å². The summed E-state index contributed by atoms with van der Waals surface area (Å²) < 4.78 is 4.92. The standard InChI is InChI=1S/C19H19N3O3/c1-25-11-3-10-21-18(23)15-6-8-16(9-7-15)19(24)22-17-5-2-4-14(12-17)13-20/h2,4-9,12H,3,10-11H2,1H3,(H,21,23)(H,22,24). The smallest absolute Gasteiger partial charge is 0.255 e. The van der Waals surface area contributed by atoms with Crippen molar-refractivity contribution in [2.24, 2.45) is 0 Å². The molecule has 0 aliphatic heterocycles. The largest absolute Gasteiger partial charge is 0.385 e. The van der Waals surface area contributed by atoms with E-state index in [4.69, 9.17) is 10.00 Å². The fourth-order valence-corrected chi connectivity index (χ4v) is 2.16. The van der Waals surface area contributed by atoms with Gasteiger partial charge in [0.05, 0.1) is 11.6 Å². The van der Waals surface area contributed by atoms with Crippen LogP contribution in [-0.4, -0.2) is 32.1 Å². The number of ether oxygens (including phenoxy) is 1. The van der Waals surface area contributed by atoms with Crippen molar-refractivity contribution in [1.29, 1.82) is 5.26 Å². The summed E-state index contributed by atoms with van der Waals surface area (Å²) in [5, 5.41) is 14.4. The molecule has 0 radical (unpaired) electrons. The third kappa shape index (κ3) is 5.44. The van der Waals surface area contributed by atoms with Crippen molar-refractivity contribution in [3.8, 4) is 6.07 Å². The number of hydrogen-bond acceptors (Lipinski definition) is 4. The average molecular weight is 337 g/mol. The second-order valence-electron chi connectivity index (χ2n) is 5.33. The van der Waals surface area contributed by atoms with E-state index >= 15 is 0 Å². The summed E-state index contributed by atoms with van der Waals surface area (Å²) in [5.74, 6) is -0.494. The van der Waals surface area contributed by atoms with Gasteiger partial charge in [-0.25, -0.2) is 0 Å². The molecule has 2 N–H and O–H groups in total. The van der Waals surface area contributed by atoms with Crippen molar-refractivity contribution >= 4 is 17.5 Å². The van der Waals surface area contributed by atoms with Gasteiger partial charge in [-0.1, -0.05) is 6.07 Å². The Hall–Kier alpha value is -3.17. The molecule has 2 amide bonds. The van der Waals surface area contributed by atoms with Gasteiger partial charge in [0, 0.05) is 37.1 Å². The Labute approximate surface area is 146 Å². The number of nitriles is 1. The first-order valence-electron chi connectivity index (χ1n) is 7.83. The van der Waals surface area contributed by atoms with E-state index in [9.17, 15) is 9.59 Å². The highest BCUT2D eigenvalue weighted by atomic mass is 16.5. The number of anilines is 1. The van der Waals surface area contributed by atoms with Crippen molar-refractivity contribution in [2.75, 3.05) is 25.6 Å². The molecule has 25 heavy (non-hydrogen) atoms. The monoisotopic (exact) mass is 337 g/mol. The third-order valence-corrected chi connectivity index (χ3v) is 3.47. The van der Waals surface area contributed by atoms with Crippen LogP contribution >= 0.6 is 0 Å². The van der Waals surface area contributed by atoms with Crippen molar-refractivity contribution in [2.45, 2.75) is 6.42 Å². The molecule has 0 heterocycles. The van der Waals surface area contributed by atoms with E-state index in [1.54, 1.807) is 55.6 Å². The van der Waals surface area contributed by atoms with E-state index in [-0.39, 0.29) is 11.8 Å². The summed E-state index contributed by atoms with van der Waals surface area (Å²) in [5.41, 5.74) is 1.93. The van der Waals surface area contributed by atoms with Crippen LogP contribution in [0, 0.1) is 11.3 Å². The fourth-order valence-electron chi connectivity index (χ4n) is 2.16. The van der Waals surface area contributed by atoms with Crippen LogP contribution < -0.4 is 10.6 Å². The minimum atomic E-state index is -0.304. The van der Waals surface area contributed by atoms with E-state index in [0.717, 1.165) is 6.42 Å². The van der Waals surface area contributed by atoms with Gasteiger partial charge in [0.25, 0.3) is 11.8 Å². The molecule has 0 unspecified atom stereocenters. The second kappa shape index (κ2) is 9.21. The van der Waals surface area contributed by atoms with Crippen LogP contribution in [0.15, 0.2) is 48.5 Å². The molecule has 0 spiro atoms. The number of benzene rings is 2. The first kappa shape index (κ1) is 18.2. The highest BCUT2D eigenvalue weighted by Gasteiger charge is 2.09. The predicted octanol–water partition coefficient (Wildman–Crippen LogP) is 2.58. The molecule has 2 aromatic carbocycles. The number of methoxy groups -OCH3 is 1. The van der Waals surface area contributed by atoms with Gasteiger partial charge in [-0.15, -0.1) is 0 Å². The third-order valence-electron chi connectivity index (χ3n) is 3.47. The lowest BCUT2D eigenvalue weighted by molar-refractivity contribution is 0.0947. The van der Waals surface area contributed by atoms with Crippen molar-refractivity contribution in [3.05, 3.63) is 65.2 Å². The first-order valence-corrected chi connectivity index (χ1v) is 7.83. The van der Waals surface area contributed by atoms with Gasteiger partial charge in [0.1, 0.15) is 0 Å². The summed E-state index contributed by atoms with van der Waals surface area (Å²) in [6.45, 7) is 1.12. The molecule has 0 atom stereocenters. The Morgan fingerprint density at radius 3 is 2.40 bits per heavy atom. The van der Waals surface area contributed by atoms with Gasteiger partial charge in [0.2, 0.25) is 0 Å². The highest BCUT2D eigenvalue weighted by Crippen LogP contribution is 2.12. The molecule has 0 fully saturated rings. The maximum atomic E-state index is 12.2. The summed E-state index contributed by atoms with van der Waals surface area (Å²) in [6, 6.07) is 15.1. The second-order valence-corrected chi connectivity index (χ2v) is 5.33. The number of amides is 2. The van der Waals surface area contributed by atoms with Crippen LogP contribution in [0.1, 0.15) is 32.7 Å². The molecule has 2 aromatic rings. The van der Waals surface area contributed by atoms with Crippen molar-refractivity contribution in [1.82, 2.24) is 5.32 Å². The quantitative estimate of drug-likeness (QED) is 0.760. The molecule has 0 saturated carbocycles. The summed E-state index contributed by atoms with van der Waals surface area (Å²) in [6.07, 6.45) is 0.741. The highest BCUT2D eigenvalue weighted by molar-refractivity contribution is 6.05. The SMILES string of the molecule is COCCCNC(=O)c1ccc(C(=O)Nc2cccc(C#N)c2)cc1. The lowest BCUT2D eigenvalue weighted by atomic mass is 10.1. The Balaban J connectivity index is 1.95. The zero-order chi connectivity index (χ0) is 18.1. The molecule has 0 aliphatic rings. The molecule has 0 aromatic heterocycles. The van der Waals surface area contributed by atoms with E-state index < -0.39 is 0 Å². The van der Waals surface area contributed by atoms with E-state index in [0.29, 0.717) is 35.5 Å². The molecule has 0 bridgehead atoms. The van der Waals surface area contributed by atoms with E-state index in [2.05, 4.69) is 10.6 Å². The topological polar surface area (TPSA) is 91.2 Å². The van der Waals surface area contributed by atoms with Crippen LogP contribution in [0.5, 0.6) is 0 Å². The van der Waals surface area contributed by atoms with Crippen LogP contribution in [0.25, 0.3) is 0 Å². The average Bonchev–Trinajstić information content (AvgIpc) is 2.65. The Kier molecular flexibility index (Phi) is 6.69. The fraction of sp³-hybridized carbons (Fsp3) is 0.211. The van der Waals surface area contributed by atoms with Gasteiger partial charge < -0.3 is 15.4 Å². The molecular formula is C19H19N3O3. The minimum absolute atomic E-state index is 0.190. The van der Waals surface area contributed by atoms with Gasteiger partial charge >= 0.3 is 0 Å². The van der Waals surface area contributed by atoms with Gasteiger partial charge in [0.15, 0.2) is 0 Å². The number of nitrogens with zero attached hydrogens (tertiary/aromatic N) is 1. The summed E-state index contributed by atoms with van der Waals surface area (Å²) >= 11 is 0. The zero-order valence-electron chi connectivity index (χ0n) is 13.9. The van der Waals surface area contributed by atoms with Crippen molar-refractivity contribution in [3.63, 3.8) is 0 Å². The van der Waals surface area contributed by atoms with Gasteiger partial charge in [-0.2, -0.15) is 5.26 Å². The van der Waals surface area contributed by atoms with Gasteiger partial charge in [-0.05, 0) is 48.9 Å².